The van der Waals surface area contributed by atoms with E-state index >= 15 is 0 Å². The van der Waals surface area contributed by atoms with E-state index in [-0.39, 0.29) is 10.5 Å². The molecule has 4 heteroatoms. The van der Waals surface area contributed by atoms with Gasteiger partial charge in [0.25, 0.3) is 0 Å². The highest BCUT2D eigenvalue weighted by Crippen LogP contribution is 2.40. The van der Waals surface area contributed by atoms with Crippen molar-refractivity contribution in [3.63, 3.8) is 0 Å². The molecule has 3 aromatic carbocycles. The van der Waals surface area contributed by atoms with Gasteiger partial charge >= 0.3 is 5.97 Å². The molecule has 3 nitrogen and oxygen atoms in total. The van der Waals surface area contributed by atoms with E-state index < -0.39 is 11.6 Å². The van der Waals surface area contributed by atoms with Crippen LogP contribution >= 0.6 is 10.5 Å². The maximum atomic E-state index is 12.9. The number of thiophene rings is 1. The van der Waals surface area contributed by atoms with E-state index in [1.807, 2.05) is 30.3 Å². The molecule has 0 saturated carbocycles. The number of benzene rings is 3. The number of rotatable bonds is 4. The van der Waals surface area contributed by atoms with Gasteiger partial charge < -0.3 is 4.74 Å². The summed E-state index contributed by atoms with van der Waals surface area (Å²) >= 11 is 0. The van der Waals surface area contributed by atoms with Crippen molar-refractivity contribution < 1.29 is 9.53 Å². The van der Waals surface area contributed by atoms with Gasteiger partial charge in [0, 0.05) is 33.6 Å². The van der Waals surface area contributed by atoms with Crippen molar-refractivity contribution in [3.05, 3.63) is 101 Å². The van der Waals surface area contributed by atoms with Gasteiger partial charge in [0.05, 0.1) is 17.2 Å². The van der Waals surface area contributed by atoms with Crippen LogP contribution in [0.3, 0.4) is 0 Å². The zero-order valence-electron chi connectivity index (χ0n) is 16.3. The molecule has 0 fully saturated rings. The van der Waals surface area contributed by atoms with Crippen LogP contribution in [0.15, 0.2) is 84.2 Å². The van der Waals surface area contributed by atoms with E-state index in [9.17, 15) is 4.79 Å². The Balaban J connectivity index is 1.64. The van der Waals surface area contributed by atoms with Crippen molar-refractivity contribution in [2.24, 2.45) is 0 Å². The Labute approximate surface area is 178 Å². The smallest absolute Gasteiger partial charge is 0.340 e. The molecule has 0 radical (unpaired) electrons. The molecule has 1 heterocycles. The van der Waals surface area contributed by atoms with Gasteiger partial charge in [-0.15, -0.1) is 6.42 Å². The van der Waals surface area contributed by atoms with Crippen LogP contribution in [0.2, 0.25) is 0 Å². The highest BCUT2D eigenvalue weighted by atomic mass is 32.2. The first-order valence-corrected chi connectivity index (χ1v) is 10.6. The molecule has 2 unspecified atom stereocenters. The third-order valence-electron chi connectivity index (χ3n) is 5.00. The number of hydrogen-bond donors (Lipinski definition) is 0. The summed E-state index contributed by atoms with van der Waals surface area (Å²) in [5.41, 5.74) is 0.377. The molecule has 30 heavy (non-hydrogen) atoms. The van der Waals surface area contributed by atoms with Gasteiger partial charge in [0.2, 0.25) is 0 Å². The summed E-state index contributed by atoms with van der Waals surface area (Å²) < 4.78 is 6.99. The molecule has 4 rings (SSSR count). The predicted molar refractivity (Wildman–Crippen MR) is 121 cm³/mol. The summed E-state index contributed by atoms with van der Waals surface area (Å²) in [5, 5.41) is 12.3. The third-order valence-corrected chi connectivity index (χ3v) is 7.02. The predicted octanol–water partition coefficient (Wildman–Crippen LogP) is 6.16. The summed E-state index contributed by atoms with van der Waals surface area (Å²) in [6, 6.07) is 26.7. The normalized spacial score (nSPS) is 13.1. The lowest BCUT2D eigenvalue weighted by Crippen LogP contribution is -2.27. The highest BCUT2D eigenvalue weighted by molar-refractivity contribution is 7.43. The van der Waals surface area contributed by atoms with Gasteiger partial charge in [-0.3, -0.25) is 0 Å². The SMILES string of the molecule is C#CC(C)(OC(=O)c1cccc(-[s+]2ccc3ccccc32)c1)c1ccc(C#N)cc1. The molecular formula is C26H18NO2S+. The van der Waals surface area contributed by atoms with Crippen molar-refractivity contribution >= 4 is 26.5 Å². The summed E-state index contributed by atoms with van der Waals surface area (Å²) in [6.07, 6.45) is 5.72. The van der Waals surface area contributed by atoms with Crippen LogP contribution in [0.25, 0.3) is 15.0 Å². The molecule has 0 amide bonds. The standard InChI is InChI=1S/C26H18NO2S/c1-3-26(2,22-13-11-19(18-27)12-14-22)29-25(28)21-8-6-9-23(17-21)30-16-15-20-7-4-5-10-24(20)30/h1,4-17H,2H3/q+1. The Morgan fingerprint density at radius 1 is 1.03 bits per heavy atom. The van der Waals surface area contributed by atoms with Crippen LogP contribution in [0.4, 0.5) is 0 Å². The van der Waals surface area contributed by atoms with Crippen LogP contribution in [-0.2, 0) is 10.3 Å². The van der Waals surface area contributed by atoms with Crippen molar-refractivity contribution in [2.75, 3.05) is 0 Å². The summed E-state index contributed by atoms with van der Waals surface area (Å²) in [4.78, 5) is 14.0. The molecule has 2 atom stereocenters. The summed E-state index contributed by atoms with van der Waals surface area (Å²) in [7, 11) is -0.216. The molecule has 0 aliphatic carbocycles. The number of nitrogens with zero attached hydrogens (tertiary/aromatic N) is 1. The summed E-state index contributed by atoms with van der Waals surface area (Å²) in [5.74, 6) is 2.10. The average Bonchev–Trinajstić information content (AvgIpc) is 3.23. The number of hydrogen-bond acceptors (Lipinski definition) is 3. The average molecular weight is 409 g/mol. The highest BCUT2D eigenvalue weighted by Gasteiger charge is 2.30. The van der Waals surface area contributed by atoms with E-state index in [1.165, 1.54) is 10.1 Å². The fourth-order valence-electron chi connectivity index (χ4n) is 3.28. The third kappa shape index (κ3) is 3.57. The van der Waals surface area contributed by atoms with E-state index in [4.69, 9.17) is 16.4 Å². The second-order valence-corrected chi connectivity index (χ2v) is 8.82. The zero-order valence-corrected chi connectivity index (χ0v) is 17.1. The topological polar surface area (TPSA) is 50.1 Å². The second-order valence-electron chi connectivity index (χ2n) is 6.96. The molecule has 144 valence electrons. The first-order valence-electron chi connectivity index (χ1n) is 9.36. The fourth-order valence-corrected chi connectivity index (χ4v) is 5.21. The van der Waals surface area contributed by atoms with Gasteiger partial charge in [-0.2, -0.15) is 5.26 Å². The fraction of sp³-hybridized carbons (Fsp3) is 0.0769. The van der Waals surface area contributed by atoms with Gasteiger partial charge in [-0.25, -0.2) is 4.79 Å². The van der Waals surface area contributed by atoms with Crippen molar-refractivity contribution in [2.45, 2.75) is 12.5 Å². The first kappa shape index (κ1) is 19.5. The Morgan fingerprint density at radius 3 is 2.53 bits per heavy atom. The van der Waals surface area contributed by atoms with Gasteiger partial charge in [-0.05, 0) is 43.3 Å². The van der Waals surface area contributed by atoms with Crippen LogP contribution in [0.1, 0.15) is 28.4 Å². The molecule has 0 spiro atoms. The Morgan fingerprint density at radius 2 is 1.80 bits per heavy atom. The lowest BCUT2D eigenvalue weighted by molar-refractivity contribution is 0.0129. The summed E-state index contributed by atoms with van der Waals surface area (Å²) in [6.45, 7) is 1.67. The van der Waals surface area contributed by atoms with Gasteiger partial charge in [-0.1, -0.05) is 36.3 Å². The maximum absolute atomic E-state index is 12.9. The largest absolute Gasteiger partial charge is 0.438 e. The number of nitriles is 1. The zero-order chi connectivity index (χ0) is 21.1. The van der Waals surface area contributed by atoms with Crippen LogP contribution in [-0.4, -0.2) is 5.97 Å². The van der Waals surface area contributed by atoms with Gasteiger partial charge in [0.15, 0.2) is 15.2 Å². The molecule has 1 aromatic heterocycles. The van der Waals surface area contributed by atoms with Crippen LogP contribution in [0.5, 0.6) is 0 Å². The molecular weight excluding hydrogens is 390 g/mol. The van der Waals surface area contributed by atoms with Gasteiger partial charge in [0.1, 0.15) is 5.38 Å². The molecule has 0 aliphatic rings. The Bertz CT molecular complexity index is 1320. The van der Waals surface area contributed by atoms with E-state index in [0.717, 1.165) is 4.90 Å². The Hall–Kier alpha value is -3.86. The van der Waals surface area contributed by atoms with Crippen LogP contribution in [0, 0.1) is 23.7 Å². The lowest BCUT2D eigenvalue weighted by Gasteiger charge is -2.24. The number of esters is 1. The minimum Gasteiger partial charge on any atom is -0.438 e. The molecule has 0 saturated heterocycles. The maximum Gasteiger partial charge on any atom is 0.340 e. The molecule has 0 N–H and O–H groups in total. The number of ether oxygens (including phenoxy) is 1. The molecule has 0 aliphatic heterocycles. The van der Waals surface area contributed by atoms with Crippen molar-refractivity contribution in [1.82, 2.24) is 0 Å². The van der Waals surface area contributed by atoms with Crippen molar-refractivity contribution in [3.8, 4) is 23.3 Å². The van der Waals surface area contributed by atoms with Crippen molar-refractivity contribution in [1.29, 1.82) is 5.26 Å². The molecule has 4 aromatic rings. The number of fused-ring (bicyclic) bond motifs is 1. The minimum atomic E-state index is -1.23. The minimum absolute atomic E-state index is 0.216. The van der Waals surface area contributed by atoms with E-state index in [2.05, 4.69) is 35.6 Å². The molecule has 0 bridgehead atoms. The number of terminal acetylenes is 1. The second kappa shape index (κ2) is 7.87. The quantitative estimate of drug-likeness (QED) is 0.231. The number of carbonyl (C=O) groups excluding carboxylic acids is 1. The van der Waals surface area contributed by atoms with E-state index in [0.29, 0.717) is 16.7 Å². The lowest BCUT2D eigenvalue weighted by atomic mass is 9.95. The monoisotopic (exact) mass is 408 g/mol. The first-order chi connectivity index (χ1) is 14.5. The van der Waals surface area contributed by atoms with E-state index in [1.54, 1.807) is 37.3 Å². The van der Waals surface area contributed by atoms with Crippen LogP contribution < -0.4 is 0 Å². The number of carbonyl (C=O) groups is 1. The Kier molecular flexibility index (Phi) is 5.11.